The Morgan fingerprint density at radius 3 is 2.59 bits per heavy atom. The van der Waals surface area contributed by atoms with E-state index in [1.54, 1.807) is 6.21 Å². The van der Waals surface area contributed by atoms with E-state index in [0.717, 1.165) is 53.7 Å². The van der Waals surface area contributed by atoms with Crippen molar-refractivity contribution in [2.24, 2.45) is 5.10 Å². The number of carbonyl (C=O) groups is 1. The van der Waals surface area contributed by atoms with Crippen molar-refractivity contribution in [3.05, 3.63) is 59.1 Å². The highest BCUT2D eigenvalue weighted by Gasteiger charge is 2.24. The molecule has 2 aromatic carbocycles. The Hall–Kier alpha value is -2.84. The molecule has 0 unspecified atom stereocenters. The van der Waals surface area contributed by atoms with E-state index in [1.807, 2.05) is 48.5 Å². The maximum atomic E-state index is 12.5. The molecule has 1 fully saturated rings. The lowest BCUT2D eigenvalue weighted by Gasteiger charge is -2.25. The second kappa shape index (κ2) is 14.2. The topological polar surface area (TPSA) is 81.4 Å². The van der Waals surface area contributed by atoms with Crippen LogP contribution in [0.4, 0.5) is 0 Å². The van der Waals surface area contributed by atoms with Crippen molar-refractivity contribution in [3.63, 3.8) is 0 Å². The average molecular weight is 540 g/mol. The Bertz CT molecular complexity index is 1160. The molecule has 0 atom stereocenters. The number of hydrogen-bond acceptors (Lipinski definition) is 6. The van der Waals surface area contributed by atoms with Gasteiger partial charge in [0.15, 0.2) is 11.0 Å². The van der Waals surface area contributed by atoms with Crippen LogP contribution < -0.4 is 10.2 Å². The summed E-state index contributed by atoms with van der Waals surface area (Å²) < 4.78 is 7.94. The molecular weight excluding hydrogens is 506 g/mol. The summed E-state index contributed by atoms with van der Waals surface area (Å²) in [6.07, 6.45) is 10.8. The summed E-state index contributed by atoms with van der Waals surface area (Å²) in [5.74, 6) is 1.67. The second-order valence-electron chi connectivity index (χ2n) is 9.18. The van der Waals surface area contributed by atoms with E-state index < -0.39 is 0 Å². The average Bonchev–Trinajstić information content (AvgIpc) is 3.36. The lowest BCUT2D eigenvalue weighted by Crippen LogP contribution is -2.20. The molecule has 1 aliphatic carbocycles. The maximum absolute atomic E-state index is 12.5. The van der Waals surface area contributed by atoms with E-state index >= 15 is 0 Å². The van der Waals surface area contributed by atoms with Crippen molar-refractivity contribution in [3.8, 4) is 17.1 Å². The predicted molar refractivity (Wildman–Crippen MR) is 151 cm³/mol. The molecular formula is C28H34ClN5O2S. The molecule has 0 saturated heterocycles. The normalized spacial score (nSPS) is 14.2. The largest absolute Gasteiger partial charge is 0.494 e. The first-order chi connectivity index (χ1) is 18.1. The third kappa shape index (κ3) is 8.07. The summed E-state index contributed by atoms with van der Waals surface area (Å²) in [6, 6.07) is 15.7. The van der Waals surface area contributed by atoms with Crippen molar-refractivity contribution in [2.75, 3.05) is 12.4 Å². The number of nitrogens with one attached hydrogen (secondary N) is 1. The number of rotatable bonds is 12. The third-order valence-corrected chi connectivity index (χ3v) is 7.53. The van der Waals surface area contributed by atoms with Gasteiger partial charge in [0, 0.05) is 16.6 Å². The summed E-state index contributed by atoms with van der Waals surface area (Å²) in [7, 11) is 0. The number of hydrazone groups is 1. The van der Waals surface area contributed by atoms with Crippen LogP contribution in [0.2, 0.25) is 5.02 Å². The van der Waals surface area contributed by atoms with Crippen molar-refractivity contribution >= 4 is 35.5 Å². The van der Waals surface area contributed by atoms with Crippen LogP contribution in [0.1, 0.15) is 69.9 Å². The van der Waals surface area contributed by atoms with E-state index in [9.17, 15) is 4.79 Å². The van der Waals surface area contributed by atoms with E-state index in [-0.39, 0.29) is 11.7 Å². The molecule has 7 nitrogen and oxygen atoms in total. The Balaban J connectivity index is 1.33. The zero-order valence-electron chi connectivity index (χ0n) is 21.2. The number of halogens is 1. The zero-order chi connectivity index (χ0) is 25.9. The van der Waals surface area contributed by atoms with Crippen molar-refractivity contribution in [2.45, 2.75) is 69.5 Å². The summed E-state index contributed by atoms with van der Waals surface area (Å²) in [5, 5.41) is 14.5. The first-order valence-electron chi connectivity index (χ1n) is 13.0. The fourth-order valence-electron chi connectivity index (χ4n) is 4.37. The number of aromatic nitrogens is 3. The minimum Gasteiger partial charge on any atom is -0.494 e. The van der Waals surface area contributed by atoms with Gasteiger partial charge in [0.25, 0.3) is 5.91 Å². The zero-order valence-corrected chi connectivity index (χ0v) is 22.8. The van der Waals surface area contributed by atoms with Crippen LogP contribution >= 0.6 is 23.4 Å². The predicted octanol–water partition coefficient (Wildman–Crippen LogP) is 6.92. The molecule has 1 saturated carbocycles. The fourth-order valence-corrected chi connectivity index (χ4v) is 5.30. The van der Waals surface area contributed by atoms with Gasteiger partial charge in [0.2, 0.25) is 0 Å². The lowest BCUT2D eigenvalue weighted by molar-refractivity contribution is -0.118. The molecule has 0 bridgehead atoms. The van der Waals surface area contributed by atoms with E-state index in [1.165, 1.54) is 43.9 Å². The number of carbonyl (C=O) groups excluding carboxylic acids is 1. The van der Waals surface area contributed by atoms with Crippen molar-refractivity contribution in [1.29, 1.82) is 0 Å². The molecule has 1 N–H and O–H groups in total. The van der Waals surface area contributed by atoms with Gasteiger partial charge >= 0.3 is 0 Å². The van der Waals surface area contributed by atoms with Gasteiger partial charge in [-0.2, -0.15) is 5.10 Å². The van der Waals surface area contributed by atoms with E-state index in [0.29, 0.717) is 11.1 Å². The highest BCUT2D eigenvalue weighted by atomic mass is 35.5. The van der Waals surface area contributed by atoms with Crippen LogP contribution in [-0.4, -0.2) is 39.2 Å². The smallest absolute Gasteiger partial charge is 0.250 e. The number of hydrogen-bond donors (Lipinski definition) is 1. The molecule has 37 heavy (non-hydrogen) atoms. The third-order valence-electron chi connectivity index (χ3n) is 6.34. The van der Waals surface area contributed by atoms with Crippen LogP contribution in [0.5, 0.6) is 5.75 Å². The Labute approximate surface area is 228 Å². The highest BCUT2D eigenvalue weighted by molar-refractivity contribution is 7.99. The van der Waals surface area contributed by atoms with Gasteiger partial charge in [-0.05, 0) is 73.4 Å². The monoisotopic (exact) mass is 539 g/mol. The minimum absolute atomic E-state index is 0.191. The Morgan fingerprint density at radius 2 is 1.86 bits per heavy atom. The van der Waals surface area contributed by atoms with Crippen LogP contribution in [0, 0.1) is 0 Å². The molecule has 9 heteroatoms. The standard InChI is InChI=1S/C28H34ClN5O2S/c1-2-3-7-18-36-25-16-10-21(11-17-25)19-30-31-26(35)20-37-28-33-32-27(22-12-14-23(29)15-13-22)34(28)24-8-5-4-6-9-24/h10-17,19,24H,2-9,18,20H2,1H3,(H,31,35)/b30-19+. The number of nitrogens with zero attached hydrogens (tertiary/aromatic N) is 4. The van der Waals surface area contributed by atoms with Gasteiger partial charge < -0.3 is 4.74 Å². The molecule has 0 spiro atoms. The number of thioether (sulfide) groups is 1. The quantitative estimate of drug-likeness (QED) is 0.117. The molecule has 1 aliphatic rings. The van der Waals surface area contributed by atoms with E-state index in [4.69, 9.17) is 16.3 Å². The lowest BCUT2D eigenvalue weighted by atomic mass is 9.95. The summed E-state index contributed by atoms with van der Waals surface area (Å²) in [6.45, 7) is 2.90. The fraction of sp³-hybridized carbons (Fsp3) is 0.429. The van der Waals surface area contributed by atoms with Gasteiger partial charge in [-0.1, -0.05) is 62.4 Å². The molecule has 1 heterocycles. The molecule has 0 radical (unpaired) electrons. The summed E-state index contributed by atoms with van der Waals surface area (Å²) in [4.78, 5) is 12.5. The summed E-state index contributed by atoms with van der Waals surface area (Å²) in [5.41, 5.74) is 4.47. The molecule has 0 aliphatic heterocycles. The SMILES string of the molecule is CCCCCOc1ccc(/C=N/NC(=O)CSc2nnc(-c3ccc(Cl)cc3)n2C2CCCCC2)cc1. The number of benzene rings is 2. The van der Waals surface area contributed by atoms with Crippen LogP contribution in [0.3, 0.4) is 0 Å². The molecule has 1 aromatic heterocycles. The molecule has 1 amide bonds. The molecule has 196 valence electrons. The summed E-state index contributed by atoms with van der Waals surface area (Å²) >= 11 is 7.47. The van der Waals surface area contributed by atoms with Gasteiger partial charge in [0.05, 0.1) is 18.6 Å². The number of unbranched alkanes of at least 4 members (excludes halogenated alkanes) is 2. The van der Waals surface area contributed by atoms with Crippen molar-refractivity contribution in [1.82, 2.24) is 20.2 Å². The van der Waals surface area contributed by atoms with Gasteiger partial charge in [0.1, 0.15) is 5.75 Å². The molecule has 3 aromatic rings. The first kappa shape index (κ1) is 27.2. The number of amides is 1. The highest BCUT2D eigenvalue weighted by Crippen LogP contribution is 2.35. The van der Waals surface area contributed by atoms with Gasteiger partial charge in [-0.3, -0.25) is 9.36 Å². The van der Waals surface area contributed by atoms with Crippen LogP contribution in [-0.2, 0) is 4.79 Å². The van der Waals surface area contributed by atoms with E-state index in [2.05, 4.69) is 32.2 Å². The maximum Gasteiger partial charge on any atom is 0.250 e. The van der Waals surface area contributed by atoms with Crippen molar-refractivity contribution < 1.29 is 9.53 Å². The Morgan fingerprint density at radius 1 is 1.11 bits per heavy atom. The van der Waals surface area contributed by atoms with Gasteiger partial charge in [-0.15, -0.1) is 10.2 Å². The van der Waals surface area contributed by atoms with Crippen LogP contribution in [0.25, 0.3) is 11.4 Å². The number of ether oxygens (including phenoxy) is 1. The van der Waals surface area contributed by atoms with Gasteiger partial charge in [-0.25, -0.2) is 5.43 Å². The Kier molecular flexibility index (Phi) is 10.4. The molecule has 4 rings (SSSR count). The second-order valence-corrected chi connectivity index (χ2v) is 10.6. The van der Waals surface area contributed by atoms with Crippen LogP contribution in [0.15, 0.2) is 58.8 Å². The minimum atomic E-state index is -0.191. The first-order valence-corrected chi connectivity index (χ1v) is 14.4.